The number of allylic oxidation sites excluding steroid dienone is 1. The summed E-state index contributed by atoms with van der Waals surface area (Å²) in [6.07, 6.45) is 6.71. The van der Waals surface area contributed by atoms with Gasteiger partial charge in [0.05, 0.1) is 12.6 Å². The van der Waals surface area contributed by atoms with Crippen molar-refractivity contribution in [3.63, 3.8) is 0 Å². The third-order valence-corrected chi connectivity index (χ3v) is 5.21. The van der Waals surface area contributed by atoms with E-state index in [1.54, 1.807) is 6.20 Å². The van der Waals surface area contributed by atoms with Crippen LogP contribution in [-0.2, 0) is 6.42 Å². The highest BCUT2D eigenvalue weighted by Gasteiger charge is 2.25. The normalized spacial score (nSPS) is 21.3. The molecule has 0 spiro atoms. The quantitative estimate of drug-likeness (QED) is 0.780. The number of ether oxygens (including phenoxy) is 1. The van der Waals surface area contributed by atoms with Crippen molar-refractivity contribution in [2.45, 2.75) is 45.2 Å². The minimum Gasteiger partial charge on any atom is -0.493 e. The summed E-state index contributed by atoms with van der Waals surface area (Å²) in [6.45, 7) is 7.01. The summed E-state index contributed by atoms with van der Waals surface area (Å²) >= 11 is 0. The molecule has 0 saturated carbocycles. The van der Waals surface area contributed by atoms with E-state index in [4.69, 9.17) is 10.5 Å². The lowest BCUT2D eigenvalue weighted by atomic mass is 9.92. The van der Waals surface area contributed by atoms with Crippen LogP contribution in [0.4, 0.5) is 5.69 Å². The van der Waals surface area contributed by atoms with Gasteiger partial charge in [0.1, 0.15) is 5.75 Å². The maximum absolute atomic E-state index is 6.20. The van der Waals surface area contributed by atoms with E-state index in [1.807, 2.05) is 6.21 Å². The largest absolute Gasteiger partial charge is 0.493 e. The third-order valence-electron chi connectivity index (χ3n) is 5.21. The Hall–Kier alpha value is -2.01. The summed E-state index contributed by atoms with van der Waals surface area (Å²) in [5, 5.41) is 3.24. The highest BCUT2D eigenvalue weighted by atomic mass is 16.5. The van der Waals surface area contributed by atoms with E-state index in [1.165, 1.54) is 11.3 Å². The zero-order chi connectivity index (χ0) is 17.8. The lowest BCUT2D eigenvalue weighted by Crippen LogP contribution is -2.45. The van der Waals surface area contributed by atoms with Crippen LogP contribution in [-0.4, -0.2) is 45.0 Å². The second kappa shape index (κ2) is 7.91. The number of anilines is 1. The highest BCUT2D eigenvalue weighted by Crippen LogP contribution is 2.40. The second-order valence-corrected chi connectivity index (χ2v) is 7.00. The van der Waals surface area contributed by atoms with Gasteiger partial charge < -0.3 is 20.7 Å². The van der Waals surface area contributed by atoms with Gasteiger partial charge in [0.15, 0.2) is 0 Å². The first-order valence-electron chi connectivity index (χ1n) is 9.33. The van der Waals surface area contributed by atoms with Gasteiger partial charge in [-0.2, -0.15) is 0 Å². The Morgan fingerprint density at radius 2 is 2.24 bits per heavy atom. The Balaban J connectivity index is 1.98. The number of nitrogens with two attached hydrogens (primary N) is 1. The van der Waals surface area contributed by atoms with E-state index < -0.39 is 0 Å². The molecular formula is C20H30N4O. The number of hydrogen-bond acceptors (Lipinski definition) is 5. The van der Waals surface area contributed by atoms with Crippen molar-refractivity contribution in [3.8, 4) is 5.75 Å². The van der Waals surface area contributed by atoms with Crippen LogP contribution in [0.5, 0.6) is 5.75 Å². The summed E-state index contributed by atoms with van der Waals surface area (Å²) in [7, 11) is 2.16. The van der Waals surface area contributed by atoms with Gasteiger partial charge in [0.2, 0.25) is 0 Å². The number of nitrogens with zero attached hydrogens (tertiary/aromatic N) is 2. The first-order valence-corrected chi connectivity index (χ1v) is 9.33. The van der Waals surface area contributed by atoms with E-state index in [0.29, 0.717) is 18.7 Å². The molecule has 1 aromatic carbocycles. The van der Waals surface area contributed by atoms with Gasteiger partial charge in [-0.1, -0.05) is 6.92 Å². The molecule has 136 valence electrons. The maximum Gasteiger partial charge on any atom is 0.132 e. The predicted octanol–water partition coefficient (Wildman–Crippen LogP) is 2.59. The van der Waals surface area contributed by atoms with Crippen LogP contribution in [0.15, 0.2) is 23.3 Å². The van der Waals surface area contributed by atoms with E-state index in [-0.39, 0.29) is 0 Å². The van der Waals surface area contributed by atoms with Gasteiger partial charge >= 0.3 is 0 Å². The van der Waals surface area contributed by atoms with Gasteiger partial charge in [-0.15, -0.1) is 0 Å². The average molecular weight is 342 g/mol. The van der Waals surface area contributed by atoms with Crippen LogP contribution in [0, 0.1) is 0 Å². The van der Waals surface area contributed by atoms with E-state index in [9.17, 15) is 0 Å². The molecule has 1 atom stereocenters. The molecule has 25 heavy (non-hydrogen) atoms. The molecule has 2 aliphatic rings. The Morgan fingerprint density at radius 3 is 2.88 bits per heavy atom. The fourth-order valence-corrected chi connectivity index (χ4v) is 3.34. The molecule has 1 saturated heterocycles. The molecule has 3 N–H and O–H groups in total. The van der Waals surface area contributed by atoms with Crippen molar-refractivity contribution >= 4 is 17.5 Å². The molecule has 1 unspecified atom stereocenters. The Morgan fingerprint density at radius 1 is 1.44 bits per heavy atom. The third kappa shape index (κ3) is 3.66. The number of nitrogens with one attached hydrogen (secondary N) is 1. The molecule has 0 amide bonds. The van der Waals surface area contributed by atoms with Crippen LogP contribution >= 0.6 is 0 Å². The predicted molar refractivity (Wildman–Crippen MR) is 106 cm³/mol. The van der Waals surface area contributed by atoms with Gasteiger partial charge in [-0.3, -0.25) is 4.99 Å². The monoisotopic (exact) mass is 342 g/mol. The lowest BCUT2D eigenvalue weighted by molar-refractivity contribution is 0.312. The smallest absolute Gasteiger partial charge is 0.132 e. The molecular weight excluding hydrogens is 312 g/mol. The summed E-state index contributed by atoms with van der Waals surface area (Å²) in [6, 6.07) is 5.23. The Bertz CT molecular complexity index is 664. The number of rotatable bonds is 6. The molecule has 5 nitrogen and oxygen atoms in total. The fraction of sp³-hybridized carbons (Fsp3) is 0.550. The van der Waals surface area contributed by atoms with Crippen LogP contribution in [0.3, 0.4) is 0 Å². The first-order chi connectivity index (χ1) is 12.2. The molecule has 1 aromatic rings. The van der Waals surface area contributed by atoms with Crippen molar-refractivity contribution in [2.75, 3.05) is 31.6 Å². The van der Waals surface area contributed by atoms with Crippen molar-refractivity contribution in [1.82, 2.24) is 5.32 Å². The Kier molecular flexibility index (Phi) is 5.63. The second-order valence-electron chi connectivity index (χ2n) is 7.00. The Labute approximate surface area is 150 Å². The van der Waals surface area contributed by atoms with E-state index in [2.05, 4.69) is 48.2 Å². The van der Waals surface area contributed by atoms with Crippen LogP contribution in [0.25, 0.3) is 5.57 Å². The van der Waals surface area contributed by atoms with Crippen molar-refractivity contribution < 1.29 is 4.74 Å². The molecule has 2 heterocycles. The van der Waals surface area contributed by atoms with Crippen LogP contribution < -0.4 is 20.7 Å². The summed E-state index contributed by atoms with van der Waals surface area (Å²) < 4.78 is 6.20. The number of fused-ring (bicyclic) bond motifs is 1. The van der Waals surface area contributed by atoms with Crippen molar-refractivity contribution in [2.24, 2.45) is 10.7 Å². The van der Waals surface area contributed by atoms with Gasteiger partial charge in [-0.05, 0) is 38.3 Å². The molecule has 0 bridgehead atoms. The lowest BCUT2D eigenvalue weighted by Gasteiger charge is -2.35. The molecule has 1 fully saturated rings. The molecule has 0 aromatic heterocycles. The van der Waals surface area contributed by atoms with E-state index in [0.717, 1.165) is 49.2 Å². The fourth-order valence-electron chi connectivity index (χ4n) is 3.34. The van der Waals surface area contributed by atoms with Crippen molar-refractivity contribution in [3.05, 3.63) is 29.5 Å². The molecule has 5 heteroatoms. The molecule has 0 aliphatic carbocycles. The topological polar surface area (TPSA) is 62.9 Å². The standard InChI is InChI=1S/C20H30N4O/c1-4-9-25-20-17(15(10-21)11-23-16-12-22-13-16)7-8-19-18(20)6-5-14(2)24(19)3/h7-8,10-11,14,16,22H,4-6,9,12-13,21H2,1-3H3. The zero-order valence-corrected chi connectivity index (χ0v) is 15.6. The van der Waals surface area contributed by atoms with Gasteiger partial charge in [-0.25, -0.2) is 0 Å². The summed E-state index contributed by atoms with van der Waals surface area (Å²) in [5.74, 6) is 0.980. The highest BCUT2D eigenvalue weighted by molar-refractivity contribution is 6.11. The summed E-state index contributed by atoms with van der Waals surface area (Å²) in [4.78, 5) is 6.98. The molecule has 0 radical (unpaired) electrons. The van der Waals surface area contributed by atoms with Crippen LogP contribution in [0.1, 0.15) is 37.8 Å². The number of hydrogen-bond donors (Lipinski definition) is 2. The maximum atomic E-state index is 6.20. The summed E-state index contributed by atoms with van der Waals surface area (Å²) in [5.41, 5.74) is 10.5. The SMILES string of the molecule is CCCOc1c(C(C=NC2CNC2)=CN)ccc2c1CCC(C)N2C. The van der Waals surface area contributed by atoms with Gasteiger partial charge in [0, 0.05) is 61.0 Å². The number of benzene rings is 1. The minimum atomic E-state index is 0.361. The number of aliphatic imine (C=N–C) groups is 1. The molecule has 2 aliphatic heterocycles. The van der Waals surface area contributed by atoms with E-state index >= 15 is 0 Å². The minimum absolute atomic E-state index is 0.361. The van der Waals surface area contributed by atoms with Gasteiger partial charge in [0.25, 0.3) is 0 Å². The van der Waals surface area contributed by atoms with Crippen LogP contribution in [0.2, 0.25) is 0 Å². The zero-order valence-electron chi connectivity index (χ0n) is 15.6. The van der Waals surface area contributed by atoms with Crippen molar-refractivity contribution in [1.29, 1.82) is 0 Å². The molecule has 3 rings (SSSR count). The average Bonchev–Trinajstić information content (AvgIpc) is 2.58. The first kappa shape index (κ1) is 17.8.